The summed E-state index contributed by atoms with van der Waals surface area (Å²) >= 11 is 0. The predicted molar refractivity (Wildman–Crippen MR) is 60.1 cm³/mol. The number of nitriles is 3. The fourth-order valence-corrected chi connectivity index (χ4v) is 1.40. The third kappa shape index (κ3) is 2.02. The maximum Gasteiger partial charge on any atom is 0.231 e. The van der Waals surface area contributed by atoms with Crippen LogP contribution in [0.3, 0.4) is 0 Å². The Morgan fingerprint density at radius 3 is 2.44 bits per heavy atom. The highest BCUT2D eigenvalue weighted by atomic mass is 16.7. The van der Waals surface area contributed by atoms with Crippen LogP contribution in [0.1, 0.15) is 0 Å². The van der Waals surface area contributed by atoms with E-state index in [1.165, 1.54) is 0 Å². The van der Waals surface area contributed by atoms with Crippen LogP contribution >= 0.6 is 0 Å². The van der Waals surface area contributed by atoms with Gasteiger partial charge in [-0.1, -0.05) is 0 Å². The monoisotopic (exact) mass is 238 g/mol. The van der Waals surface area contributed by atoms with Crippen molar-refractivity contribution in [2.24, 2.45) is 0 Å². The van der Waals surface area contributed by atoms with Crippen LogP contribution in [0.15, 0.2) is 29.5 Å². The number of benzene rings is 1. The molecule has 0 atom stereocenters. The lowest BCUT2D eigenvalue weighted by atomic mass is 10.2. The van der Waals surface area contributed by atoms with Crippen LogP contribution in [-0.2, 0) is 0 Å². The first-order valence-corrected chi connectivity index (χ1v) is 4.89. The molecule has 0 spiro atoms. The third-order valence-electron chi connectivity index (χ3n) is 2.23. The maximum absolute atomic E-state index is 8.88. The summed E-state index contributed by atoms with van der Waals surface area (Å²) in [6.07, 6.45) is 0. The van der Waals surface area contributed by atoms with Crippen LogP contribution in [0.5, 0.6) is 11.5 Å². The van der Waals surface area contributed by atoms with E-state index in [2.05, 4.69) is 5.32 Å². The van der Waals surface area contributed by atoms with Gasteiger partial charge in [0, 0.05) is 11.8 Å². The maximum atomic E-state index is 8.88. The molecule has 0 saturated heterocycles. The average molecular weight is 238 g/mol. The van der Waals surface area contributed by atoms with E-state index in [4.69, 9.17) is 25.3 Å². The van der Waals surface area contributed by atoms with E-state index in [-0.39, 0.29) is 18.1 Å². The first-order chi connectivity index (χ1) is 8.78. The zero-order chi connectivity index (χ0) is 13.0. The molecule has 0 saturated carbocycles. The summed E-state index contributed by atoms with van der Waals surface area (Å²) in [5.41, 5.74) is 0.174. The Morgan fingerprint density at radius 2 is 1.78 bits per heavy atom. The van der Waals surface area contributed by atoms with Crippen LogP contribution in [0.25, 0.3) is 0 Å². The molecule has 0 unspecified atom stereocenters. The van der Waals surface area contributed by atoms with Gasteiger partial charge in [0.1, 0.15) is 23.9 Å². The van der Waals surface area contributed by atoms with E-state index < -0.39 is 0 Å². The first kappa shape index (κ1) is 11.3. The van der Waals surface area contributed by atoms with Gasteiger partial charge in [0.15, 0.2) is 17.1 Å². The molecule has 1 aliphatic rings. The molecule has 1 N–H and O–H groups in total. The van der Waals surface area contributed by atoms with Crippen LogP contribution in [0.4, 0.5) is 5.69 Å². The second kappa shape index (κ2) is 4.78. The molecule has 0 aromatic heterocycles. The number of nitrogens with zero attached hydrogens (tertiary/aromatic N) is 3. The van der Waals surface area contributed by atoms with Crippen LogP contribution in [-0.4, -0.2) is 6.79 Å². The molecule has 6 nitrogen and oxygen atoms in total. The third-order valence-corrected chi connectivity index (χ3v) is 2.23. The van der Waals surface area contributed by atoms with Crippen molar-refractivity contribution < 1.29 is 9.47 Å². The van der Waals surface area contributed by atoms with Gasteiger partial charge in [-0.05, 0) is 12.1 Å². The van der Waals surface area contributed by atoms with Gasteiger partial charge in [-0.25, -0.2) is 0 Å². The first-order valence-electron chi connectivity index (χ1n) is 4.89. The lowest BCUT2D eigenvalue weighted by Gasteiger charge is -2.05. The zero-order valence-corrected chi connectivity index (χ0v) is 9.10. The molecule has 0 amide bonds. The van der Waals surface area contributed by atoms with Crippen molar-refractivity contribution in [3.8, 4) is 29.7 Å². The van der Waals surface area contributed by atoms with E-state index in [0.717, 1.165) is 0 Å². The van der Waals surface area contributed by atoms with Gasteiger partial charge in [-0.3, -0.25) is 0 Å². The standard InChI is InChI=1S/C12H6N4O2/c13-4-8(5-14)10(6-15)16-9-1-2-11-12(3-9)18-7-17-11/h1-3,16H,7H2. The number of rotatable bonds is 2. The second-order valence-electron chi connectivity index (χ2n) is 3.28. The Labute approximate surface area is 103 Å². The van der Waals surface area contributed by atoms with Gasteiger partial charge in [0.25, 0.3) is 0 Å². The summed E-state index contributed by atoms with van der Waals surface area (Å²) < 4.78 is 10.3. The lowest BCUT2D eigenvalue weighted by Crippen LogP contribution is -2.00. The van der Waals surface area contributed by atoms with Gasteiger partial charge >= 0.3 is 0 Å². The Hall–Kier alpha value is -3.17. The summed E-state index contributed by atoms with van der Waals surface area (Å²) in [5, 5.41) is 29.0. The molecular weight excluding hydrogens is 232 g/mol. The molecule has 1 aromatic rings. The van der Waals surface area contributed by atoms with Crippen molar-refractivity contribution in [2.45, 2.75) is 0 Å². The molecule has 1 aromatic carbocycles. The number of allylic oxidation sites excluding steroid dienone is 2. The SMILES string of the molecule is N#CC(C#N)=C(C#N)Nc1ccc2c(c1)OCO2. The number of hydrogen-bond donors (Lipinski definition) is 1. The molecule has 0 radical (unpaired) electrons. The number of anilines is 1. The summed E-state index contributed by atoms with van der Waals surface area (Å²) in [6.45, 7) is 0.154. The molecule has 0 bridgehead atoms. The van der Waals surface area contributed by atoms with E-state index in [0.29, 0.717) is 17.2 Å². The van der Waals surface area contributed by atoms with Crippen LogP contribution < -0.4 is 14.8 Å². The van der Waals surface area contributed by atoms with E-state index >= 15 is 0 Å². The molecule has 18 heavy (non-hydrogen) atoms. The quantitative estimate of drug-likeness (QED) is 0.786. The van der Waals surface area contributed by atoms with Crippen LogP contribution in [0, 0.1) is 34.0 Å². The number of hydrogen-bond acceptors (Lipinski definition) is 6. The van der Waals surface area contributed by atoms with Crippen LogP contribution in [0.2, 0.25) is 0 Å². The lowest BCUT2D eigenvalue weighted by molar-refractivity contribution is 0.174. The Balaban J connectivity index is 2.31. The second-order valence-corrected chi connectivity index (χ2v) is 3.28. The van der Waals surface area contributed by atoms with E-state index in [1.807, 2.05) is 0 Å². The van der Waals surface area contributed by atoms with Gasteiger partial charge in [-0.2, -0.15) is 15.8 Å². The van der Waals surface area contributed by atoms with E-state index in [1.54, 1.807) is 36.4 Å². The molecule has 1 aliphatic heterocycles. The average Bonchev–Trinajstić information content (AvgIpc) is 2.86. The largest absolute Gasteiger partial charge is 0.454 e. The van der Waals surface area contributed by atoms with Gasteiger partial charge in [0.2, 0.25) is 6.79 Å². The smallest absolute Gasteiger partial charge is 0.231 e. The minimum atomic E-state index is -0.268. The van der Waals surface area contributed by atoms with E-state index in [9.17, 15) is 0 Å². The van der Waals surface area contributed by atoms with Crippen molar-refractivity contribution in [1.82, 2.24) is 0 Å². The summed E-state index contributed by atoms with van der Waals surface area (Å²) in [4.78, 5) is 0. The Morgan fingerprint density at radius 1 is 1.06 bits per heavy atom. The molecule has 1 heterocycles. The normalized spacial score (nSPS) is 10.7. The molecule has 6 heteroatoms. The van der Waals surface area contributed by atoms with Crippen molar-refractivity contribution in [3.63, 3.8) is 0 Å². The molecular formula is C12H6N4O2. The van der Waals surface area contributed by atoms with Crippen molar-refractivity contribution in [1.29, 1.82) is 15.8 Å². The minimum absolute atomic E-state index is 0.0983. The highest BCUT2D eigenvalue weighted by molar-refractivity contribution is 5.62. The predicted octanol–water partition coefficient (Wildman–Crippen LogP) is 1.65. The number of fused-ring (bicyclic) bond motifs is 1. The highest BCUT2D eigenvalue weighted by Crippen LogP contribution is 2.34. The highest BCUT2D eigenvalue weighted by Gasteiger charge is 2.14. The molecule has 86 valence electrons. The Bertz CT molecular complexity index is 628. The molecule has 0 fully saturated rings. The molecule has 2 rings (SSSR count). The molecule has 0 aliphatic carbocycles. The summed E-state index contributed by atoms with van der Waals surface area (Å²) in [6, 6.07) is 10.1. The summed E-state index contributed by atoms with van der Waals surface area (Å²) in [7, 11) is 0. The fourth-order valence-electron chi connectivity index (χ4n) is 1.40. The zero-order valence-electron chi connectivity index (χ0n) is 9.10. The van der Waals surface area contributed by atoms with Gasteiger partial charge < -0.3 is 14.8 Å². The van der Waals surface area contributed by atoms with Gasteiger partial charge in [0.05, 0.1) is 0 Å². The topological polar surface area (TPSA) is 102 Å². The number of ether oxygens (including phenoxy) is 2. The minimum Gasteiger partial charge on any atom is -0.454 e. The summed E-state index contributed by atoms with van der Waals surface area (Å²) in [5.74, 6) is 1.16. The van der Waals surface area contributed by atoms with Crippen molar-refractivity contribution in [2.75, 3.05) is 12.1 Å². The van der Waals surface area contributed by atoms with Gasteiger partial charge in [-0.15, -0.1) is 0 Å². The van der Waals surface area contributed by atoms with Crippen molar-refractivity contribution >= 4 is 5.69 Å². The number of nitrogens with one attached hydrogen (secondary N) is 1. The Kier molecular flexibility index (Phi) is 3.00. The van der Waals surface area contributed by atoms with Crippen molar-refractivity contribution in [3.05, 3.63) is 29.5 Å². The fraction of sp³-hybridized carbons (Fsp3) is 0.0833.